The van der Waals surface area contributed by atoms with Gasteiger partial charge in [-0.2, -0.15) is 0 Å². The van der Waals surface area contributed by atoms with Crippen LogP contribution in [0.1, 0.15) is 53.4 Å². The lowest BCUT2D eigenvalue weighted by atomic mass is 9.72. The number of hydrogen-bond donors (Lipinski definition) is 0. The Bertz CT molecular complexity index is 96.2. The summed E-state index contributed by atoms with van der Waals surface area (Å²) in [7, 11) is 0. The van der Waals surface area contributed by atoms with Crippen molar-refractivity contribution in [2.75, 3.05) is 0 Å². The second-order valence-electron chi connectivity index (χ2n) is 3.95. The molecule has 0 bridgehead atoms. The van der Waals surface area contributed by atoms with Gasteiger partial charge in [-0.3, -0.25) is 0 Å². The van der Waals surface area contributed by atoms with Gasteiger partial charge >= 0.3 is 0 Å². The fourth-order valence-corrected chi connectivity index (χ4v) is 1.69. The lowest BCUT2D eigenvalue weighted by Crippen LogP contribution is -2.23. The lowest BCUT2D eigenvalue weighted by Gasteiger charge is -2.34. The van der Waals surface area contributed by atoms with E-state index in [-0.39, 0.29) is 0 Å². The molecule has 0 saturated carbocycles. The average Bonchev–Trinajstić information content (AvgIpc) is 2.03. The van der Waals surface area contributed by atoms with Crippen molar-refractivity contribution in [2.24, 2.45) is 11.3 Å². The molecule has 0 aromatic carbocycles. The minimum Gasteiger partial charge on any atom is -0.0654 e. The Hall–Kier alpha value is 0. The zero-order valence-electron chi connectivity index (χ0n) is 8.61. The molecule has 0 heterocycles. The summed E-state index contributed by atoms with van der Waals surface area (Å²) in [6.07, 6.45) is 5.01. The SMILES string of the molecule is [CH2]CC(C)C(C)(CC)CCC. The van der Waals surface area contributed by atoms with E-state index in [1.165, 1.54) is 19.3 Å². The van der Waals surface area contributed by atoms with E-state index < -0.39 is 0 Å². The topological polar surface area (TPSA) is 0 Å². The highest BCUT2D eigenvalue weighted by atomic mass is 14.3. The van der Waals surface area contributed by atoms with Gasteiger partial charge in [0.2, 0.25) is 0 Å². The minimum atomic E-state index is 0.538. The maximum Gasteiger partial charge on any atom is -0.0303 e. The molecule has 2 atom stereocenters. The quantitative estimate of drug-likeness (QED) is 0.561. The van der Waals surface area contributed by atoms with Crippen LogP contribution in [-0.4, -0.2) is 0 Å². The zero-order valence-corrected chi connectivity index (χ0v) is 8.61. The standard InChI is InChI=1S/C11H23/c1-6-9-11(5,8-3)10(4)7-2/h10H,2,6-9H2,1,3-5H3. The summed E-state index contributed by atoms with van der Waals surface area (Å²) in [4.78, 5) is 0. The Balaban J connectivity index is 4.07. The van der Waals surface area contributed by atoms with Gasteiger partial charge in [-0.25, -0.2) is 0 Å². The molecule has 0 fully saturated rings. The minimum absolute atomic E-state index is 0.538. The fraction of sp³-hybridized carbons (Fsp3) is 0.909. The van der Waals surface area contributed by atoms with Gasteiger partial charge in [-0.05, 0) is 17.8 Å². The second kappa shape index (κ2) is 4.79. The molecule has 0 aliphatic rings. The highest BCUT2D eigenvalue weighted by Crippen LogP contribution is 2.37. The molecule has 0 amide bonds. The Morgan fingerprint density at radius 2 is 1.91 bits per heavy atom. The maximum absolute atomic E-state index is 3.98. The number of rotatable bonds is 5. The summed E-state index contributed by atoms with van der Waals surface area (Å²) >= 11 is 0. The van der Waals surface area contributed by atoms with Crippen LogP contribution in [0, 0.1) is 18.3 Å². The predicted octanol–water partition coefficient (Wildman–Crippen LogP) is 4.06. The summed E-state index contributed by atoms with van der Waals surface area (Å²) in [6, 6.07) is 0. The van der Waals surface area contributed by atoms with Crippen LogP contribution in [-0.2, 0) is 0 Å². The van der Waals surface area contributed by atoms with Gasteiger partial charge in [-0.15, -0.1) is 0 Å². The van der Waals surface area contributed by atoms with Crippen LogP contribution in [0.3, 0.4) is 0 Å². The van der Waals surface area contributed by atoms with E-state index in [2.05, 4.69) is 34.6 Å². The number of hydrogen-bond acceptors (Lipinski definition) is 0. The van der Waals surface area contributed by atoms with Gasteiger partial charge in [0.25, 0.3) is 0 Å². The van der Waals surface area contributed by atoms with Crippen LogP contribution in [0.4, 0.5) is 0 Å². The van der Waals surface area contributed by atoms with Crippen molar-refractivity contribution in [1.29, 1.82) is 0 Å². The molecule has 0 spiro atoms. The molecule has 0 saturated heterocycles. The zero-order chi connectivity index (χ0) is 8.91. The Morgan fingerprint density at radius 1 is 1.36 bits per heavy atom. The van der Waals surface area contributed by atoms with E-state index in [1.54, 1.807) is 0 Å². The first-order valence-electron chi connectivity index (χ1n) is 4.90. The first-order chi connectivity index (χ1) is 5.10. The molecule has 0 aliphatic carbocycles. The van der Waals surface area contributed by atoms with Crippen LogP contribution >= 0.6 is 0 Å². The van der Waals surface area contributed by atoms with Crippen LogP contribution in [0.15, 0.2) is 0 Å². The summed E-state index contributed by atoms with van der Waals surface area (Å²) in [5, 5.41) is 0. The van der Waals surface area contributed by atoms with E-state index in [4.69, 9.17) is 0 Å². The largest absolute Gasteiger partial charge is 0.0654 e. The lowest BCUT2D eigenvalue weighted by molar-refractivity contribution is 0.174. The highest BCUT2D eigenvalue weighted by Gasteiger charge is 2.26. The third-order valence-corrected chi connectivity index (χ3v) is 3.25. The smallest absolute Gasteiger partial charge is 0.0303 e. The van der Waals surface area contributed by atoms with Crippen molar-refractivity contribution >= 4 is 0 Å². The Labute approximate surface area is 72.4 Å². The highest BCUT2D eigenvalue weighted by molar-refractivity contribution is 4.78. The summed E-state index contributed by atoms with van der Waals surface area (Å²) in [5.41, 5.74) is 0.538. The van der Waals surface area contributed by atoms with Gasteiger partial charge in [0.1, 0.15) is 0 Å². The second-order valence-corrected chi connectivity index (χ2v) is 3.95. The van der Waals surface area contributed by atoms with Gasteiger partial charge in [0, 0.05) is 0 Å². The van der Waals surface area contributed by atoms with E-state index >= 15 is 0 Å². The molecule has 11 heavy (non-hydrogen) atoms. The monoisotopic (exact) mass is 155 g/mol. The average molecular weight is 155 g/mol. The van der Waals surface area contributed by atoms with Gasteiger partial charge < -0.3 is 0 Å². The molecule has 1 radical (unpaired) electrons. The third-order valence-electron chi connectivity index (χ3n) is 3.25. The summed E-state index contributed by atoms with van der Waals surface area (Å²) < 4.78 is 0. The van der Waals surface area contributed by atoms with Crippen molar-refractivity contribution in [3.63, 3.8) is 0 Å². The Kier molecular flexibility index (Phi) is 4.79. The van der Waals surface area contributed by atoms with Crippen LogP contribution in [0.5, 0.6) is 0 Å². The molecule has 0 aromatic heterocycles. The Morgan fingerprint density at radius 3 is 2.18 bits per heavy atom. The van der Waals surface area contributed by atoms with Gasteiger partial charge in [0.15, 0.2) is 0 Å². The van der Waals surface area contributed by atoms with Crippen molar-refractivity contribution in [3.05, 3.63) is 6.92 Å². The molecular weight excluding hydrogens is 132 g/mol. The van der Waals surface area contributed by atoms with E-state index in [1.807, 2.05) is 0 Å². The first kappa shape index (κ1) is 11.0. The molecule has 0 nitrogen and oxygen atoms in total. The molecule has 0 rings (SSSR count). The van der Waals surface area contributed by atoms with Gasteiger partial charge in [-0.1, -0.05) is 53.9 Å². The molecule has 0 aliphatic heterocycles. The molecule has 67 valence electrons. The van der Waals surface area contributed by atoms with Crippen LogP contribution in [0.2, 0.25) is 0 Å². The van der Waals surface area contributed by atoms with E-state index in [0.29, 0.717) is 5.41 Å². The first-order valence-corrected chi connectivity index (χ1v) is 4.90. The van der Waals surface area contributed by atoms with Crippen LogP contribution in [0.25, 0.3) is 0 Å². The molecule has 0 aromatic rings. The van der Waals surface area contributed by atoms with E-state index in [0.717, 1.165) is 12.3 Å². The van der Waals surface area contributed by atoms with Crippen molar-refractivity contribution in [1.82, 2.24) is 0 Å². The van der Waals surface area contributed by atoms with Crippen molar-refractivity contribution < 1.29 is 0 Å². The van der Waals surface area contributed by atoms with Crippen molar-refractivity contribution in [3.8, 4) is 0 Å². The molecule has 0 N–H and O–H groups in total. The fourth-order valence-electron chi connectivity index (χ4n) is 1.69. The predicted molar refractivity (Wildman–Crippen MR) is 52.4 cm³/mol. The maximum atomic E-state index is 3.98. The molecule has 0 heteroatoms. The molecular formula is C11H23. The van der Waals surface area contributed by atoms with Crippen LogP contribution < -0.4 is 0 Å². The van der Waals surface area contributed by atoms with E-state index in [9.17, 15) is 0 Å². The van der Waals surface area contributed by atoms with Crippen molar-refractivity contribution in [2.45, 2.75) is 53.4 Å². The normalized spacial score (nSPS) is 19.4. The van der Waals surface area contributed by atoms with Gasteiger partial charge in [0.05, 0.1) is 0 Å². The molecule has 2 unspecified atom stereocenters. The summed E-state index contributed by atoms with van der Waals surface area (Å²) in [6.45, 7) is 13.3. The summed E-state index contributed by atoms with van der Waals surface area (Å²) in [5.74, 6) is 0.771. The third kappa shape index (κ3) is 2.84.